The van der Waals surface area contributed by atoms with Crippen molar-refractivity contribution in [2.24, 2.45) is 5.92 Å². The first-order valence-electron chi connectivity index (χ1n) is 7.53. The Kier molecular flexibility index (Phi) is 5.94. The van der Waals surface area contributed by atoms with Gasteiger partial charge in [0.1, 0.15) is 0 Å². The number of hydrogen-bond acceptors (Lipinski definition) is 4. The summed E-state index contributed by atoms with van der Waals surface area (Å²) in [5.74, 6) is 0.153. The fourth-order valence-electron chi connectivity index (χ4n) is 2.96. The van der Waals surface area contributed by atoms with Crippen LogP contribution in [0.15, 0.2) is 23.1 Å². The molecule has 0 spiro atoms. The minimum atomic E-state index is -0.898. The normalized spacial score (nSPS) is 22.0. The molecule has 116 valence electrons. The second kappa shape index (κ2) is 7.71. The van der Waals surface area contributed by atoms with Gasteiger partial charge < -0.3 is 15.5 Å². The van der Waals surface area contributed by atoms with Gasteiger partial charge in [-0.3, -0.25) is 0 Å². The van der Waals surface area contributed by atoms with Crippen LogP contribution >= 0.6 is 11.8 Å². The van der Waals surface area contributed by atoms with E-state index in [4.69, 9.17) is 0 Å². The second-order valence-corrected chi connectivity index (χ2v) is 6.70. The Balaban J connectivity index is 2.26. The first-order valence-corrected chi connectivity index (χ1v) is 8.52. The van der Waals surface area contributed by atoms with E-state index in [0.29, 0.717) is 11.3 Å². The van der Waals surface area contributed by atoms with Crippen LogP contribution < -0.4 is 5.32 Å². The molecule has 2 atom stereocenters. The fraction of sp³-hybridized carbons (Fsp3) is 0.562. The summed E-state index contributed by atoms with van der Waals surface area (Å²) in [6.07, 6.45) is 4.25. The Morgan fingerprint density at radius 3 is 2.81 bits per heavy atom. The zero-order valence-electron chi connectivity index (χ0n) is 12.3. The molecule has 1 aromatic rings. The van der Waals surface area contributed by atoms with Crippen LogP contribution in [0.5, 0.6) is 0 Å². The first kappa shape index (κ1) is 16.2. The first-order chi connectivity index (χ1) is 10.2. The molecular formula is C16H23NO3S. The molecule has 0 aliphatic heterocycles. The van der Waals surface area contributed by atoms with Crippen LogP contribution in [-0.4, -0.2) is 34.6 Å². The molecule has 0 radical (unpaired) electrons. The van der Waals surface area contributed by atoms with Crippen molar-refractivity contribution in [3.8, 4) is 0 Å². The molecule has 1 saturated carbocycles. The summed E-state index contributed by atoms with van der Waals surface area (Å²) >= 11 is 1.54. The van der Waals surface area contributed by atoms with Gasteiger partial charge in [-0.1, -0.05) is 25.8 Å². The molecule has 0 heterocycles. The molecule has 5 heteroatoms. The topological polar surface area (TPSA) is 69.6 Å². The number of carboxylic acids is 1. The van der Waals surface area contributed by atoms with Crippen molar-refractivity contribution in [3.63, 3.8) is 0 Å². The van der Waals surface area contributed by atoms with Crippen LogP contribution in [0.1, 0.15) is 43.0 Å². The minimum Gasteiger partial charge on any atom is -0.478 e. The van der Waals surface area contributed by atoms with Crippen LogP contribution in [0.3, 0.4) is 0 Å². The number of benzene rings is 1. The number of aromatic carboxylic acids is 1. The van der Waals surface area contributed by atoms with Crippen molar-refractivity contribution in [1.29, 1.82) is 0 Å². The summed E-state index contributed by atoms with van der Waals surface area (Å²) in [5.41, 5.74) is 1.03. The third-order valence-corrected chi connectivity index (χ3v) is 4.96. The number of carbonyl (C=O) groups is 1. The predicted octanol–water partition coefficient (Wildman–Crippen LogP) is 3.46. The van der Waals surface area contributed by atoms with Crippen LogP contribution in [-0.2, 0) is 0 Å². The largest absolute Gasteiger partial charge is 0.478 e. The smallest absolute Gasteiger partial charge is 0.338 e. The number of nitrogens with one attached hydrogen (secondary N) is 1. The molecule has 2 unspecified atom stereocenters. The van der Waals surface area contributed by atoms with Crippen molar-refractivity contribution < 1.29 is 15.0 Å². The predicted molar refractivity (Wildman–Crippen MR) is 86.3 cm³/mol. The highest BCUT2D eigenvalue weighted by Crippen LogP contribution is 2.32. The van der Waals surface area contributed by atoms with E-state index in [2.05, 4.69) is 5.32 Å². The Labute approximate surface area is 129 Å². The number of carboxylic acid groups (broad SMARTS) is 1. The Morgan fingerprint density at radius 2 is 2.14 bits per heavy atom. The molecule has 0 bridgehead atoms. The fourth-order valence-corrected chi connectivity index (χ4v) is 3.79. The quantitative estimate of drug-likeness (QED) is 0.702. The number of rotatable bonds is 6. The van der Waals surface area contributed by atoms with E-state index >= 15 is 0 Å². The average Bonchev–Trinajstić information content (AvgIpc) is 2.48. The lowest BCUT2D eigenvalue weighted by Gasteiger charge is -2.32. The van der Waals surface area contributed by atoms with Crippen LogP contribution in [0.2, 0.25) is 0 Å². The van der Waals surface area contributed by atoms with Gasteiger partial charge in [-0.25, -0.2) is 4.79 Å². The molecule has 21 heavy (non-hydrogen) atoms. The molecule has 4 nitrogen and oxygen atoms in total. The van der Waals surface area contributed by atoms with Gasteiger partial charge in [-0.15, -0.1) is 11.8 Å². The third kappa shape index (κ3) is 3.92. The Hall–Kier alpha value is -1.20. The highest BCUT2D eigenvalue weighted by atomic mass is 32.2. The molecule has 0 saturated heterocycles. The van der Waals surface area contributed by atoms with Gasteiger partial charge in [-0.2, -0.15) is 0 Å². The van der Waals surface area contributed by atoms with E-state index in [1.807, 2.05) is 25.1 Å². The van der Waals surface area contributed by atoms with Crippen molar-refractivity contribution in [3.05, 3.63) is 23.8 Å². The third-order valence-electron chi connectivity index (χ3n) is 4.02. The maximum atomic E-state index is 11.6. The molecule has 1 aromatic carbocycles. The van der Waals surface area contributed by atoms with Crippen molar-refractivity contribution in [2.75, 3.05) is 17.7 Å². The van der Waals surface area contributed by atoms with E-state index in [0.717, 1.165) is 36.3 Å². The summed E-state index contributed by atoms with van der Waals surface area (Å²) in [5, 5.41) is 22.4. The number of aliphatic hydroxyl groups excluding tert-OH is 1. The van der Waals surface area contributed by atoms with Gasteiger partial charge in [0.15, 0.2) is 0 Å². The van der Waals surface area contributed by atoms with Crippen molar-refractivity contribution in [1.82, 2.24) is 0 Å². The highest BCUT2D eigenvalue weighted by molar-refractivity contribution is 7.99. The van der Waals surface area contributed by atoms with Crippen LogP contribution in [0.4, 0.5) is 5.69 Å². The monoisotopic (exact) mass is 309 g/mol. The van der Waals surface area contributed by atoms with E-state index < -0.39 is 5.97 Å². The summed E-state index contributed by atoms with van der Waals surface area (Å²) < 4.78 is 0. The molecule has 3 N–H and O–H groups in total. The molecule has 0 aromatic heterocycles. The van der Waals surface area contributed by atoms with Crippen LogP contribution in [0, 0.1) is 5.92 Å². The Bertz CT molecular complexity index is 492. The van der Waals surface area contributed by atoms with Crippen molar-refractivity contribution in [2.45, 2.75) is 43.5 Å². The van der Waals surface area contributed by atoms with Gasteiger partial charge in [0, 0.05) is 23.5 Å². The Morgan fingerprint density at radius 1 is 1.38 bits per heavy atom. The maximum Gasteiger partial charge on any atom is 0.338 e. The lowest BCUT2D eigenvalue weighted by Crippen LogP contribution is -2.34. The SMILES string of the molecule is CCSc1cccc(NC2CCCCC2CO)c1C(=O)O. The second-order valence-electron chi connectivity index (χ2n) is 5.39. The van der Waals surface area contributed by atoms with Crippen LogP contribution in [0.25, 0.3) is 0 Å². The van der Waals surface area contributed by atoms with Gasteiger partial charge >= 0.3 is 5.97 Å². The summed E-state index contributed by atoms with van der Waals surface area (Å²) in [4.78, 5) is 12.4. The lowest BCUT2D eigenvalue weighted by molar-refractivity contribution is 0.0694. The van der Waals surface area contributed by atoms with Gasteiger partial charge in [0.25, 0.3) is 0 Å². The number of aliphatic hydroxyl groups is 1. The summed E-state index contributed by atoms with van der Waals surface area (Å²) in [6, 6.07) is 5.73. The molecule has 1 fully saturated rings. The van der Waals surface area contributed by atoms with E-state index in [1.165, 1.54) is 0 Å². The van der Waals surface area contributed by atoms with Crippen molar-refractivity contribution >= 4 is 23.4 Å². The standard InChI is InChI=1S/C16H23NO3S/c1-2-21-14-9-5-8-13(15(14)16(19)20)17-12-7-4-3-6-11(12)10-18/h5,8-9,11-12,17-18H,2-4,6-7,10H2,1H3,(H,19,20). The number of anilines is 1. The number of hydrogen-bond donors (Lipinski definition) is 3. The minimum absolute atomic E-state index is 0.156. The zero-order chi connectivity index (χ0) is 15.2. The maximum absolute atomic E-state index is 11.6. The zero-order valence-corrected chi connectivity index (χ0v) is 13.2. The van der Waals surface area contributed by atoms with Gasteiger partial charge in [-0.05, 0) is 30.7 Å². The molecular weight excluding hydrogens is 286 g/mol. The van der Waals surface area contributed by atoms with E-state index in [-0.39, 0.29) is 18.6 Å². The summed E-state index contributed by atoms with van der Waals surface area (Å²) in [6.45, 7) is 2.17. The number of thioether (sulfide) groups is 1. The van der Waals surface area contributed by atoms with Gasteiger partial charge in [0.05, 0.1) is 11.3 Å². The average molecular weight is 309 g/mol. The lowest BCUT2D eigenvalue weighted by atomic mass is 9.85. The molecule has 0 amide bonds. The molecule has 1 aliphatic rings. The molecule has 1 aliphatic carbocycles. The van der Waals surface area contributed by atoms with E-state index in [9.17, 15) is 15.0 Å². The van der Waals surface area contributed by atoms with E-state index in [1.54, 1.807) is 11.8 Å². The highest BCUT2D eigenvalue weighted by Gasteiger charge is 2.26. The molecule has 2 rings (SSSR count). The van der Waals surface area contributed by atoms with Gasteiger partial charge in [0.2, 0.25) is 0 Å². The summed E-state index contributed by atoms with van der Waals surface area (Å²) in [7, 11) is 0.